The van der Waals surface area contributed by atoms with E-state index in [0.717, 1.165) is 6.54 Å². The lowest BCUT2D eigenvalue weighted by Gasteiger charge is -2.28. The number of nitrogens with zero attached hydrogens (tertiary/aromatic N) is 2. The number of rotatable bonds is 2. The maximum absolute atomic E-state index is 2.47. The molecule has 0 amide bonds. The average molecular weight is 254 g/mol. The van der Waals surface area contributed by atoms with Crippen molar-refractivity contribution < 1.29 is 0 Å². The van der Waals surface area contributed by atoms with Gasteiger partial charge in [0, 0.05) is 24.5 Å². The minimum absolute atomic E-state index is 0.601. The molecule has 0 N–H and O–H groups in total. The molecule has 1 unspecified atom stereocenters. The summed E-state index contributed by atoms with van der Waals surface area (Å²) in [5.41, 5.74) is 4.05. The second kappa shape index (κ2) is 5.22. The Morgan fingerprint density at radius 2 is 1.95 bits per heavy atom. The van der Waals surface area contributed by atoms with Crippen LogP contribution in [0.3, 0.4) is 0 Å². The number of aryl methyl sites for hydroxylation is 1. The second-order valence-corrected chi connectivity index (χ2v) is 5.66. The third kappa shape index (κ3) is 2.59. The normalized spacial score (nSPS) is 23.8. The van der Waals surface area contributed by atoms with E-state index in [0.29, 0.717) is 6.04 Å². The van der Waals surface area contributed by atoms with Crippen molar-refractivity contribution in [3.8, 4) is 0 Å². The Bertz CT molecular complexity index is 498. The highest BCUT2D eigenvalue weighted by Crippen LogP contribution is 2.27. The van der Waals surface area contributed by atoms with Crippen LogP contribution in [0.15, 0.2) is 48.2 Å². The second-order valence-electron chi connectivity index (χ2n) is 5.66. The monoisotopic (exact) mass is 254 g/mol. The van der Waals surface area contributed by atoms with Crippen LogP contribution in [0.1, 0.15) is 18.4 Å². The van der Waals surface area contributed by atoms with Crippen molar-refractivity contribution in [1.29, 1.82) is 0 Å². The van der Waals surface area contributed by atoms with Crippen LogP contribution in [0.2, 0.25) is 0 Å². The van der Waals surface area contributed by atoms with Gasteiger partial charge in [0.25, 0.3) is 0 Å². The molecular formula is C17H22N2. The molecule has 1 fully saturated rings. The molecule has 1 atom stereocenters. The van der Waals surface area contributed by atoms with E-state index in [2.05, 4.69) is 66.4 Å². The SMILES string of the molecule is Cc1ccc(N2C=C(C3CCCN3C)C=CC2)cc1. The fraction of sp³-hybridized carbons (Fsp3) is 0.412. The summed E-state index contributed by atoms with van der Waals surface area (Å²) in [6, 6.07) is 9.39. The molecule has 2 heterocycles. The van der Waals surface area contributed by atoms with Crippen molar-refractivity contribution in [2.24, 2.45) is 0 Å². The molecule has 0 saturated carbocycles. The maximum Gasteiger partial charge on any atom is 0.0409 e. The summed E-state index contributed by atoms with van der Waals surface area (Å²) in [4.78, 5) is 4.82. The van der Waals surface area contributed by atoms with Crippen LogP contribution in [-0.2, 0) is 0 Å². The van der Waals surface area contributed by atoms with Gasteiger partial charge in [0.1, 0.15) is 0 Å². The number of benzene rings is 1. The fourth-order valence-corrected chi connectivity index (χ4v) is 3.02. The number of hydrogen-bond donors (Lipinski definition) is 0. The Morgan fingerprint density at radius 1 is 1.16 bits per heavy atom. The lowest BCUT2D eigenvalue weighted by Crippen LogP contribution is -2.30. The maximum atomic E-state index is 2.47. The van der Waals surface area contributed by atoms with Gasteiger partial charge in [-0.15, -0.1) is 0 Å². The van der Waals surface area contributed by atoms with Gasteiger partial charge in [-0.25, -0.2) is 0 Å². The molecule has 19 heavy (non-hydrogen) atoms. The molecule has 1 saturated heterocycles. The van der Waals surface area contributed by atoms with Gasteiger partial charge in [0.15, 0.2) is 0 Å². The minimum Gasteiger partial charge on any atom is -0.344 e. The third-order valence-electron chi connectivity index (χ3n) is 4.19. The molecule has 2 aliphatic rings. The zero-order valence-electron chi connectivity index (χ0n) is 11.8. The molecule has 0 radical (unpaired) electrons. The van der Waals surface area contributed by atoms with Crippen LogP contribution in [-0.4, -0.2) is 31.1 Å². The van der Waals surface area contributed by atoms with Gasteiger partial charge in [0.2, 0.25) is 0 Å². The van der Waals surface area contributed by atoms with E-state index in [9.17, 15) is 0 Å². The number of likely N-dealkylation sites (tertiary alicyclic amines) is 1. The van der Waals surface area contributed by atoms with E-state index >= 15 is 0 Å². The summed E-state index contributed by atoms with van der Waals surface area (Å²) in [6.07, 6.45) is 9.51. The first kappa shape index (κ1) is 12.5. The standard InChI is InChI=1S/C17H22N2/c1-14-7-9-16(10-8-14)19-12-3-5-15(13-19)17-6-4-11-18(17)2/h3,5,7-10,13,17H,4,6,11-12H2,1-2H3. The molecule has 0 bridgehead atoms. The Balaban J connectivity index is 1.82. The Labute approximate surface area is 116 Å². The first-order chi connectivity index (χ1) is 9.24. The summed E-state index contributed by atoms with van der Waals surface area (Å²) in [5.74, 6) is 0. The van der Waals surface area contributed by atoms with Crippen molar-refractivity contribution in [3.05, 3.63) is 53.8 Å². The first-order valence-electron chi connectivity index (χ1n) is 7.16. The summed E-state index contributed by atoms with van der Waals surface area (Å²) in [6.45, 7) is 4.33. The van der Waals surface area contributed by atoms with E-state index in [1.54, 1.807) is 0 Å². The van der Waals surface area contributed by atoms with Gasteiger partial charge in [-0.05, 0) is 51.1 Å². The summed E-state index contributed by atoms with van der Waals surface area (Å²) in [7, 11) is 2.23. The summed E-state index contributed by atoms with van der Waals surface area (Å²) >= 11 is 0. The molecule has 100 valence electrons. The van der Waals surface area contributed by atoms with Crippen LogP contribution in [0.25, 0.3) is 0 Å². The average Bonchev–Trinajstić information content (AvgIpc) is 2.86. The van der Waals surface area contributed by atoms with Crippen LogP contribution >= 0.6 is 0 Å². The number of anilines is 1. The largest absolute Gasteiger partial charge is 0.344 e. The molecule has 1 aromatic rings. The third-order valence-corrected chi connectivity index (χ3v) is 4.19. The van der Waals surface area contributed by atoms with Crippen molar-refractivity contribution in [2.75, 3.05) is 25.0 Å². The van der Waals surface area contributed by atoms with Crippen LogP contribution in [0.5, 0.6) is 0 Å². The van der Waals surface area contributed by atoms with Crippen molar-refractivity contribution in [2.45, 2.75) is 25.8 Å². The zero-order valence-corrected chi connectivity index (χ0v) is 11.8. The Hall–Kier alpha value is -1.54. The van der Waals surface area contributed by atoms with E-state index in [4.69, 9.17) is 0 Å². The number of hydrogen-bond acceptors (Lipinski definition) is 2. The first-order valence-corrected chi connectivity index (χ1v) is 7.16. The van der Waals surface area contributed by atoms with E-state index in [1.807, 2.05) is 0 Å². The molecule has 0 aromatic heterocycles. The van der Waals surface area contributed by atoms with Crippen molar-refractivity contribution >= 4 is 5.69 Å². The van der Waals surface area contributed by atoms with Crippen LogP contribution in [0.4, 0.5) is 5.69 Å². The number of likely N-dealkylation sites (N-methyl/N-ethyl adjacent to an activating group) is 1. The van der Waals surface area contributed by atoms with Gasteiger partial charge in [-0.3, -0.25) is 4.90 Å². The molecule has 0 spiro atoms. The highest BCUT2D eigenvalue weighted by Gasteiger charge is 2.24. The molecule has 2 aliphatic heterocycles. The highest BCUT2D eigenvalue weighted by atomic mass is 15.2. The topological polar surface area (TPSA) is 6.48 Å². The van der Waals surface area contributed by atoms with E-state index < -0.39 is 0 Å². The zero-order chi connectivity index (χ0) is 13.2. The predicted molar refractivity (Wildman–Crippen MR) is 81.4 cm³/mol. The lowest BCUT2D eigenvalue weighted by atomic mass is 10.0. The molecule has 3 rings (SSSR count). The van der Waals surface area contributed by atoms with Crippen LogP contribution in [0, 0.1) is 6.92 Å². The minimum atomic E-state index is 0.601. The quantitative estimate of drug-likeness (QED) is 0.798. The van der Waals surface area contributed by atoms with Gasteiger partial charge < -0.3 is 4.90 Å². The van der Waals surface area contributed by atoms with Gasteiger partial charge >= 0.3 is 0 Å². The van der Waals surface area contributed by atoms with E-state index in [1.165, 1.54) is 36.2 Å². The molecule has 0 aliphatic carbocycles. The molecule has 1 aromatic carbocycles. The highest BCUT2D eigenvalue weighted by molar-refractivity contribution is 5.54. The Kier molecular flexibility index (Phi) is 3.43. The van der Waals surface area contributed by atoms with Gasteiger partial charge in [0.05, 0.1) is 0 Å². The molecular weight excluding hydrogens is 232 g/mol. The lowest BCUT2D eigenvalue weighted by molar-refractivity contribution is 0.348. The fourth-order valence-electron chi connectivity index (χ4n) is 3.02. The predicted octanol–water partition coefficient (Wildman–Crippen LogP) is 3.35. The Morgan fingerprint density at radius 3 is 2.63 bits per heavy atom. The van der Waals surface area contributed by atoms with Crippen molar-refractivity contribution in [3.63, 3.8) is 0 Å². The smallest absolute Gasteiger partial charge is 0.0409 e. The van der Waals surface area contributed by atoms with E-state index in [-0.39, 0.29) is 0 Å². The van der Waals surface area contributed by atoms with Crippen LogP contribution < -0.4 is 4.90 Å². The molecule has 2 nitrogen and oxygen atoms in total. The van der Waals surface area contributed by atoms with Gasteiger partial charge in [-0.2, -0.15) is 0 Å². The summed E-state index contributed by atoms with van der Waals surface area (Å²) < 4.78 is 0. The molecule has 2 heteroatoms. The van der Waals surface area contributed by atoms with Gasteiger partial charge in [-0.1, -0.05) is 29.8 Å². The van der Waals surface area contributed by atoms with Crippen molar-refractivity contribution in [1.82, 2.24) is 4.90 Å². The summed E-state index contributed by atoms with van der Waals surface area (Å²) in [5, 5.41) is 0.